The Hall–Kier alpha value is -1.56. The minimum absolute atomic E-state index is 0.0167. The van der Waals surface area contributed by atoms with E-state index in [2.05, 4.69) is 17.4 Å². The molecule has 0 radical (unpaired) electrons. The molecule has 0 unspecified atom stereocenters. The number of hydrogen-bond donors (Lipinski definition) is 1. The lowest BCUT2D eigenvalue weighted by Crippen LogP contribution is -2.46. The van der Waals surface area contributed by atoms with Crippen LogP contribution < -0.4 is 5.32 Å². The van der Waals surface area contributed by atoms with Crippen molar-refractivity contribution in [2.45, 2.75) is 53.4 Å². The number of rotatable bonds is 10. The molecule has 1 aromatic rings. The summed E-state index contributed by atoms with van der Waals surface area (Å²) in [6, 6.07) is 1.63. The lowest BCUT2D eigenvalue weighted by atomic mass is 9.94. The van der Waals surface area contributed by atoms with Gasteiger partial charge in [-0.25, -0.2) is 0 Å². The number of aromatic nitrogens is 1. The van der Waals surface area contributed by atoms with Crippen LogP contribution in [0, 0.1) is 12.3 Å². The van der Waals surface area contributed by atoms with Gasteiger partial charge in [-0.05, 0) is 27.2 Å². The number of nitrogens with one attached hydrogen (secondary N) is 1. The van der Waals surface area contributed by atoms with Gasteiger partial charge in [-0.2, -0.15) is 0 Å². The van der Waals surface area contributed by atoms with Crippen LogP contribution >= 0.6 is 11.6 Å². The van der Waals surface area contributed by atoms with Crippen molar-refractivity contribution in [1.82, 2.24) is 10.1 Å². The maximum absolute atomic E-state index is 12.7. The number of unbranched alkanes of at least 4 members (excludes halogenated alkanes) is 3. The summed E-state index contributed by atoms with van der Waals surface area (Å²) in [5.41, 5.74) is -0.697. The highest BCUT2D eigenvalue weighted by molar-refractivity contribution is 6.19. The zero-order valence-corrected chi connectivity index (χ0v) is 15.8. The van der Waals surface area contributed by atoms with Gasteiger partial charge in [-0.1, -0.05) is 31.3 Å². The highest BCUT2D eigenvalue weighted by Crippen LogP contribution is 2.21. The molecule has 1 rings (SSSR count). The molecule has 0 saturated heterocycles. The molecule has 0 aromatic carbocycles. The van der Waals surface area contributed by atoms with Gasteiger partial charge in [0.2, 0.25) is 11.8 Å². The Bertz CT molecular complexity index is 543. The average Bonchev–Trinajstić information content (AvgIpc) is 2.94. The molecule has 1 N–H and O–H groups in total. The number of amides is 2. The molecular weight excluding hydrogens is 330 g/mol. The first-order valence-corrected chi connectivity index (χ1v) is 8.92. The van der Waals surface area contributed by atoms with Gasteiger partial charge >= 0.3 is 0 Å². The molecule has 2 amide bonds. The van der Waals surface area contributed by atoms with Crippen molar-refractivity contribution in [3.05, 3.63) is 11.8 Å². The first-order valence-electron chi connectivity index (χ1n) is 8.38. The van der Waals surface area contributed by atoms with Crippen molar-refractivity contribution in [1.29, 1.82) is 0 Å². The molecule has 1 aromatic heterocycles. The van der Waals surface area contributed by atoms with Crippen molar-refractivity contribution < 1.29 is 14.1 Å². The van der Waals surface area contributed by atoms with E-state index in [1.165, 1.54) is 0 Å². The van der Waals surface area contributed by atoms with Crippen molar-refractivity contribution >= 4 is 29.2 Å². The van der Waals surface area contributed by atoms with Crippen LogP contribution in [-0.2, 0) is 9.59 Å². The molecule has 136 valence electrons. The Morgan fingerprint density at radius 1 is 1.33 bits per heavy atom. The summed E-state index contributed by atoms with van der Waals surface area (Å²) in [7, 11) is 0. The van der Waals surface area contributed by atoms with E-state index in [-0.39, 0.29) is 24.2 Å². The summed E-state index contributed by atoms with van der Waals surface area (Å²) in [4.78, 5) is 26.5. The van der Waals surface area contributed by atoms with E-state index >= 15 is 0 Å². The maximum atomic E-state index is 12.7. The van der Waals surface area contributed by atoms with Crippen LogP contribution in [0.15, 0.2) is 10.6 Å². The van der Waals surface area contributed by atoms with Crippen LogP contribution in [0.3, 0.4) is 0 Å². The van der Waals surface area contributed by atoms with Gasteiger partial charge in [0.15, 0.2) is 5.82 Å². The fraction of sp³-hybridized carbons (Fsp3) is 0.706. The first-order chi connectivity index (χ1) is 11.3. The second-order valence-electron chi connectivity index (χ2n) is 6.68. The number of alkyl halides is 1. The number of carbonyl (C=O) groups is 2. The van der Waals surface area contributed by atoms with E-state index in [0.717, 1.165) is 25.7 Å². The quantitative estimate of drug-likeness (QED) is 0.512. The molecule has 6 nitrogen and oxygen atoms in total. The Balaban J connectivity index is 2.68. The summed E-state index contributed by atoms with van der Waals surface area (Å²) < 4.78 is 4.92. The molecule has 0 spiro atoms. The summed E-state index contributed by atoms with van der Waals surface area (Å²) in [5.74, 6) is 0.771. The zero-order chi connectivity index (χ0) is 18.2. The SMILES string of the molecule is CCCCCCN(CC(=O)Nc1cc(C)on1)C(=O)C(C)(C)CCl. The standard InChI is InChI=1S/C17H28ClN3O3/c1-5-6-7-8-9-21(16(23)17(3,4)12-18)11-15(22)19-14-10-13(2)24-20-14/h10H,5-9,11-12H2,1-4H3,(H,19,20,22). The number of anilines is 1. The summed E-state index contributed by atoms with van der Waals surface area (Å²) >= 11 is 5.91. The van der Waals surface area contributed by atoms with Crippen LogP contribution in [0.2, 0.25) is 0 Å². The second kappa shape index (κ2) is 9.67. The fourth-order valence-electron chi connectivity index (χ4n) is 2.25. The normalized spacial score (nSPS) is 11.4. The molecule has 0 fully saturated rings. The molecule has 0 aliphatic rings. The van der Waals surface area contributed by atoms with E-state index < -0.39 is 5.41 Å². The highest BCUT2D eigenvalue weighted by Gasteiger charge is 2.32. The molecular formula is C17H28ClN3O3. The zero-order valence-electron chi connectivity index (χ0n) is 15.0. The lowest BCUT2D eigenvalue weighted by Gasteiger charge is -2.30. The Labute approximate surface area is 148 Å². The Morgan fingerprint density at radius 3 is 2.58 bits per heavy atom. The molecule has 0 aliphatic carbocycles. The Morgan fingerprint density at radius 2 is 2.04 bits per heavy atom. The maximum Gasteiger partial charge on any atom is 0.245 e. The van der Waals surface area contributed by atoms with Gasteiger partial charge in [0, 0.05) is 18.5 Å². The van der Waals surface area contributed by atoms with Gasteiger partial charge in [0.05, 0.1) is 12.0 Å². The van der Waals surface area contributed by atoms with Crippen molar-refractivity contribution in [3.63, 3.8) is 0 Å². The van der Waals surface area contributed by atoms with E-state index in [9.17, 15) is 9.59 Å². The van der Waals surface area contributed by atoms with Crippen LogP contribution in [0.1, 0.15) is 52.2 Å². The van der Waals surface area contributed by atoms with Crippen LogP contribution in [0.4, 0.5) is 5.82 Å². The van der Waals surface area contributed by atoms with E-state index in [4.69, 9.17) is 16.1 Å². The van der Waals surface area contributed by atoms with Crippen molar-refractivity contribution in [3.8, 4) is 0 Å². The molecule has 7 heteroatoms. The number of aryl methyl sites for hydroxylation is 1. The molecule has 0 atom stereocenters. The van der Waals surface area contributed by atoms with E-state index in [1.807, 2.05) is 0 Å². The molecule has 0 saturated carbocycles. The minimum atomic E-state index is -0.697. The number of hydrogen-bond acceptors (Lipinski definition) is 4. The molecule has 24 heavy (non-hydrogen) atoms. The Kier molecular flexibility index (Phi) is 8.25. The van der Waals surface area contributed by atoms with E-state index in [0.29, 0.717) is 18.1 Å². The summed E-state index contributed by atoms with van der Waals surface area (Å²) in [5, 5.41) is 6.38. The predicted molar refractivity (Wildman–Crippen MR) is 95.1 cm³/mol. The monoisotopic (exact) mass is 357 g/mol. The number of halogens is 1. The predicted octanol–water partition coefficient (Wildman–Crippen LogP) is 3.60. The van der Waals surface area contributed by atoms with Gasteiger partial charge in [0.1, 0.15) is 5.76 Å². The lowest BCUT2D eigenvalue weighted by molar-refractivity contribution is -0.141. The highest BCUT2D eigenvalue weighted by atomic mass is 35.5. The third kappa shape index (κ3) is 6.51. The van der Waals surface area contributed by atoms with Crippen LogP contribution in [0.5, 0.6) is 0 Å². The van der Waals surface area contributed by atoms with Gasteiger partial charge in [0.25, 0.3) is 0 Å². The summed E-state index contributed by atoms with van der Waals surface area (Å²) in [6.45, 7) is 7.99. The first kappa shape index (κ1) is 20.5. The van der Waals surface area contributed by atoms with Crippen molar-refractivity contribution in [2.24, 2.45) is 5.41 Å². The third-order valence-corrected chi connectivity index (χ3v) is 4.38. The van der Waals surface area contributed by atoms with Crippen LogP contribution in [0.25, 0.3) is 0 Å². The largest absolute Gasteiger partial charge is 0.360 e. The average molecular weight is 358 g/mol. The molecule has 0 aliphatic heterocycles. The smallest absolute Gasteiger partial charge is 0.245 e. The van der Waals surface area contributed by atoms with E-state index in [1.54, 1.807) is 31.7 Å². The third-order valence-electron chi connectivity index (χ3n) is 3.71. The van der Waals surface area contributed by atoms with Gasteiger partial charge in [-0.3, -0.25) is 9.59 Å². The molecule has 0 bridgehead atoms. The topological polar surface area (TPSA) is 75.4 Å². The van der Waals surface area contributed by atoms with Crippen LogP contribution in [-0.4, -0.2) is 40.8 Å². The molecule has 1 heterocycles. The van der Waals surface area contributed by atoms with Gasteiger partial charge in [-0.15, -0.1) is 11.6 Å². The van der Waals surface area contributed by atoms with Gasteiger partial charge < -0.3 is 14.7 Å². The second-order valence-corrected chi connectivity index (χ2v) is 6.94. The summed E-state index contributed by atoms with van der Waals surface area (Å²) in [6.07, 6.45) is 4.14. The minimum Gasteiger partial charge on any atom is -0.360 e. The number of carbonyl (C=O) groups excluding carboxylic acids is 2. The fourth-order valence-corrected chi connectivity index (χ4v) is 2.36. The number of nitrogens with zero attached hydrogens (tertiary/aromatic N) is 2. The van der Waals surface area contributed by atoms with Crippen molar-refractivity contribution in [2.75, 3.05) is 24.3 Å².